The highest BCUT2D eigenvalue weighted by molar-refractivity contribution is 4.99. The summed E-state index contributed by atoms with van der Waals surface area (Å²) in [7, 11) is 0. The molecule has 2 saturated heterocycles. The maximum Gasteiger partial charge on any atom is 0.0966 e. The molecule has 0 bridgehead atoms. The van der Waals surface area contributed by atoms with Crippen molar-refractivity contribution in [2.45, 2.75) is 25.4 Å². The first kappa shape index (κ1) is 7.53. The molecule has 64 valence electrons. The highest BCUT2D eigenvalue weighted by Gasteiger charge is 2.48. The molecule has 0 radical (unpaired) electrons. The smallest absolute Gasteiger partial charge is 0.0966 e. The van der Waals surface area contributed by atoms with Crippen molar-refractivity contribution in [1.29, 1.82) is 0 Å². The van der Waals surface area contributed by atoms with E-state index >= 15 is 0 Å². The van der Waals surface area contributed by atoms with Gasteiger partial charge in [-0.15, -0.1) is 0 Å². The van der Waals surface area contributed by atoms with Crippen molar-refractivity contribution >= 4 is 0 Å². The number of hydrogen-bond donors (Lipinski definition) is 1. The third-order valence-electron chi connectivity index (χ3n) is 2.85. The lowest BCUT2D eigenvalue weighted by Gasteiger charge is -2.44. The number of ether oxygens (including phenoxy) is 1. The minimum Gasteiger partial charge on any atom is -0.372 e. The normalized spacial score (nSPS) is 36.0. The maximum absolute atomic E-state index is 5.73. The van der Waals surface area contributed by atoms with Crippen LogP contribution in [0.4, 0.5) is 0 Å². The summed E-state index contributed by atoms with van der Waals surface area (Å²) in [6.07, 6.45) is 2.46. The monoisotopic (exact) mass is 156 g/mol. The Bertz CT molecular complexity index is 154. The van der Waals surface area contributed by atoms with Crippen molar-refractivity contribution in [3.05, 3.63) is 0 Å². The van der Waals surface area contributed by atoms with Gasteiger partial charge in [0, 0.05) is 13.1 Å². The van der Waals surface area contributed by atoms with Crippen LogP contribution >= 0.6 is 0 Å². The van der Waals surface area contributed by atoms with Crippen LogP contribution in [0.3, 0.4) is 0 Å². The van der Waals surface area contributed by atoms with Gasteiger partial charge in [-0.1, -0.05) is 13.3 Å². The molecule has 2 aliphatic rings. The molecule has 2 heterocycles. The van der Waals surface area contributed by atoms with Gasteiger partial charge in [0.25, 0.3) is 0 Å². The molecule has 0 aromatic rings. The van der Waals surface area contributed by atoms with Gasteiger partial charge >= 0.3 is 0 Å². The van der Waals surface area contributed by atoms with Crippen LogP contribution in [0.25, 0.3) is 0 Å². The van der Waals surface area contributed by atoms with E-state index in [2.05, 4.69) is 6.92 Å². The molecule has 0 aliphatic carbocycles. The molecule has 2 fully saturated rings. The van der Waals surface area contributed by atoms with Gasteiger partial charge < -0.3 is 4.74 Å². The first-order valence-electron chi connectivity index (χ1n) is 4.38. The average molecular weight is 156 g/mol. The fourth-order valence-electron chi connectivity index (χ4n) is 2.12. The predicted octanol–water partition coefficient (Wildman–Crippen LogP) is 0.361. The summed E-state index contributed by atoms with van der Waals surface area (Å²) in [5, 5.41) is 1.83. The van der Waals surface area contributed by atoms with Crippen LogP contribution in [0.5, 0.6) is 0 Å². The number of rotatable bonds is 1. The summed E-state index contributed by atoms with van der Waals surface area (Å²) in [5.41, 5.74) is 0.162. The van der Waals surface area contributed by atoms with Crippen LogP contribution in [0.15, 0.2) is 0 Å². The molecular weight excluding hydrogens is 140 g/mol. The van der Waals surface area contributed by atoms with Crippen molar-refractivity contribution < 1.29 is 4.74 Å². The molecule has 3 heteroatoms. The van der Waals surface area contributed by atoms with Crippen molar-refractivity contribution in [3.63, 3.8) is 0 Å². The molecule has 11 heavy (non-hydrogen) atoms. The SMILES string of the molecule is CCC1COC2(C1)CN(N)C2. The van der Waals surface area contributed by atoms with E-state index in [9.17, 15) is 0 Å². The predicted molar refractivity (Wildman–Crippen MR) is 42.8 cm³/mol. The summed E-state index contributed by atoms with van der Waals surface area (Å²) >= 11 is 0. The summed E-state index contributed by atoms with van der Waals surface area (Å²) in [6, 6.07) is 0. The molecule has 0 aromatic heterocycles. The number of nitrogens with zero attached hydrogens (tertiary/aromatic N) is 1. The van der Waals surface area contributed by atoms with Gasteiger partial charge in [-0.2, -0.15) is 0 Å². The van der Waals surface area contributed by atoms with Gasteiger partial charge in [-0.3, -0.25) is 5.84 Å². The van der Waals surface area contributed by atoms with Crippen LogP contribution < -0.4 is 5.84 Å². The lowest BCUT2D eigenvalue weighted by atomic mass is 9.87. The topological polar surface area (TPSA) is 38.5 Å². The summed E-state index contributed by atoms with van der Waals surface area (Å²) in [4.78, 5) is 0. The van der Waals surface area contributed by atoms with Crippen molar-refractivity contribution in [1.82, 2.24) is 5.01 Å². The van der Waals surface area contributed by atoms with E-state index < -0.39 is 0 Å². The van der Waals surface area contributed by atoms with Gasteiger partial charge in [0.2, 0.25) is 0 Å². The van der Waals surface area contributed by atoms with Gasteiger partial charge in [0.05, 0.1) is 12.2 Å². The molecule has 2 aliphatic heterocycles. The second-order valence-electron chi connectivity index (χ2n) is 3.88. The highest BCUT2D eigenvalue weighted by Crippen LogP contribution is 2.37. The van der Waals surface area contributed by atoms with Gasteiger partial charge in [-0.25, -0.2) is 5.01 Å². The fraction of sp³-hybridized carbons (Fsp3) is 1.00. The average Bonchev–Trinajstić information content (AvgIpc) is 2.31. The molecule has 0 saturated carbocycles. The lowest BCUT2D eigenvalue weighted by molar-refractivity contribution is -0.111. The number of hydrogen-bond acceptors (Lipinski definition) is 3. The second kappa shape index (κ2) is 2.44. The van der Waals surface area contributed by atoms with E-state index in [4.69, 9.17) is 10.6 Å². The van der Waals surface area contributed by atoms with Crippen LogP contribution in [-0.2, 0) is 4.74 Å². The minimum absolute atomic E-state index is 0.162. The van der Waals surface area contributed by atoms with E-state index in [1.54, 1.807) is 0 Å². The molecule has 1 unspecified atom stereocenters. The lowest BCUT2D eigenvalue weighted by Crippen LogP contribution is -2.64. The molecular formula is C8H16N2O. The quantitative estimate of drug-likeness (QED) is 0.557. The second-order valence-corrected chi connectivity index (χ2v) is 3.88. The van der Waals surface area contributed by atoms with Crippen LogP contribution in [-0.4, -0.2) is 30.3 Å². The zero-order valence-electron chi connectivity index (χ0n) is 7.05. The number of hydrazine groups is 1. The molecule has 1 spiro atoms. The van der Waals surface area contributed by atoms with Crippen LogP contribution in [0.2, 0.25) is 0 Å². The number of nitrogens with two attached hydrogens (primary N) is 1. The Hall–Kier alpha value is -0.120. The Kier molecular flexibility index (Phi) is 1.67. The van der Waals surface area contributed by atoms with Crippen molar-refractivity contribution in [2.24, 2.45) is 11.8 Å². The standard InChI is InChI=1S/C8H16N2O/c1-2-7-3-8(11-4-7)5-10(9)6-8/h7H,2-6,9H2,1H3. The third kappa shape index (κ3) is 1.17. The van der Waals surface area contributed by atoms with E-state index in [0.717, 1.165) is 25.6 Å². The highest BCUT2D eigenvalue weighted by atomic mass is 16.5. The molecule has 0 aromatic carbocycles. The first-order chi connectivity index (χ1) is 5.24. The van der Waals surface area contributed by atoms with Gasteiger partial charge in [0.15, 0.2) is 0 Å². The molecule has 3 nitrogen and oxygen atoms in total. The Balaban J connectivity index is 1.89. The molecule has 2 rings (SSSR count). The van der Waals surface area contributed by atoms with Gasteiger partial charge in [0.1, 0.15) is 0 Å². The van der Waals surface area contributed by atoms with E-state index in [-0.39, 0.29) is 5.60 Å². The minimum atomic E-state index is 0.162. The third-order valence-corrected chi connectivity index (χ3v) is 2.85. The van der Waals surface area contributed by atoms with E-state index in [1.165, 1.54) is 12.8 Å². The van der Waals surface area contributed by atoms with E-state index in [0.29, 0.717) is 0 Å². The summed E-state index contributed by atoms with van der Waals surface area (Å²) < 4.78 is 5.73. The van der Waals surface area contributed by atoms with Crippen LogP contribution in [0.1, 0.15) is 19.8 Å². The largest absolute Gasteiger partial charge is 0.372 e. The molecule has 0 amide bonds. The Labute approximate surface area is 67.5 Å². The molecule has 1 atom stereocenters. The Morgan fingerprint density at radius 1 is 1.64 bits per heavy atom. The Morgan fingerprint density at radius 3 is 2.82 bits per heavy atom. The first-order valence-corrected chi connectivity index (χ1v) is 4.38. The van der Waals surface area contributed by atoms with Crippen LogP contribution in [0, 0.1) is 5.92 Å². The Morgan fingerprint density at radius 2 is 2.36 bits per heavy atom. The molecule has 2 N–H and O–H groups in total. The zero-order valence-corrected chi connectivity index (χ0v) is 7.05. The van der Waals surface area contributed by atoms with Gasteiger partial charge in [-0.05, 0) is 12.3 Å². The van der Waals surface area contributed by atoms with Crippen molar-refractivity contribution in [2.75, 3.05) is 19.7 Å². The zero-order chi connectivity index (χ0) is 7.90. The van der Waals surface area contributed by atoms with E-state index in [1.807, 2.05) is 5.01 Å². The maximum atomic E-state index is 5.73. The fourth-order valence-corrected chi connectivity index (χ4v) is 2.12. The summed E-state index contributed by atoms with van der Waals surface area (Å²) in [6.45, 7) is 5.04. The summed E-state index contributed by atoms with van der Waals surface area (Å²) in [5.74, 6) is 6.35. The van der Waals surface area contributed by atoms with Crippen molar-refractivity contribution in [3.8, 4) is 0 Å².